The van der Waals surface area contributed by atoms with Crippen molar-refractivity contribution in [3.63, 3.8) is 0 Å². The summed E-state index contributed by atoms with van der Waals surface area (Å²) in [6, 6.07) is 6.28. The maximum atomic E-state index is 13.7. The molecule has 0 atom stereocenters. The number of carbonyl (C=O) groups excluding carboxylic acids is 2. The highest BCUT2D eigenvalue weighted by molar-refractivity contribution is 5.81. The van der Waals surface area contributed by atoms with E-state index in [-0.39, 0.29) is 30.5 Å². The van der Waals surface area contributed by atoms with Gasteiger partial charge in [-0.15, -0.1) is 0 Å². The first kappa shape index (κ1) is 22.7. The summed E-state index contributed by atoms with van der Waals surface area (Å²) in [4.78, 5) is 37.2. The molecule has 2 heterocycles. The number of ether oxygens (including phenoxy) is 1. The van der Waals surface area contributed by atoms with Gasteiger partial charge in [0.05, 0.1) is 13.0 Å². The summed E-state index contributed by atoms with van der Waals surface area (Å²) in [6.45, 7) is 8.47. The lowest BCUT2D eigenvalue weighted by Gasteiger charge is -2.36. The molecule has 166 valence electrons. The highest BCUT2D eigenvalue weighted by atomic mass is 19.1. The number of esters is 1. The van der Waals surface area contributed by atoms with Gasteiger partial charge in [0.1, 0.15) is 11.6 Å². The number of hydrogen-bond donors (Lipinski definition) is 0. The maximum Gasteiger partial charge on any atom is 0.306 e. The van der Waals surface area contributed by atoms with Gasteiger partial charge in [-0.1, -0.05) is 19.1 Å². The maximum absolute atomic E-state index is 13.7. The van der Waals surface area contributed by atoms with Gasteiger partial charge in [0.25, 0.3) is 0 Å². The fraction of sp³-hybridized carbons (Fsp3) is 0.478. The number of carbonyl (C=O) groups is 2. The van der Waals surface area contributed by atoms with Gasteiger partial charge >= 0.3 is 5.97 Å². The van der Waals surface area contributed by atoms with E-state index in [1.807, 2.05) is 6.92 Å². The lowest BCUT2D eigenvalue weighted by Crippen LogP contribution is -2.49. The molecular weight excluding hydrogens is 399 g/mol. The van der Waals surface area contributed by atoms with Gasteiger partial charge in [-0.3, -0.25) is 9.59 Å². The van der Waals surface area contributed by atoms with E-state index in [0.717, 1.165) is 23.5 Å². The Morgan fingerprint density at radius 3 is 2.48 bits per heavy atom. The van der Waals surface area contributed by atoms with E-state index in [1.54, 1.807) is 24.0 Å². The number of aryl methyl sites for hydroxylation is 1. The van der Waals surface area contributed by atoms with Crippen molar-refractivity contribution in [1.29, 1.82) is 0 Å². The summed E-state index contributed by atoms with van der Waals surface area (Å²) < 4.78 is 18.6. The van der Waals surface area contributed by atoms with Crippen LogP contribution in [0.1, 0.15) is 37.9 Å². The molecule has 1 aromatic heterocycles. The molecule has 8 heteroatoms. The van der Waals surface area contributed by atoms with E-state index in [0.29, 0.717) is 44.2 Å². The Balaban J connectivity index is 1.72. The molecule has 0 spiro atoms. The number of piperazine rings is 1. The van der Waals surface area contributed by atoms with Crippen LogP contribution in [0, 0.1) is 12.7 Å². The second-order valence-corrected chi connectivity index (χ2v) is 7.47. The summed E-state index contributed by atoms with van der Waals surface area (Å²) in [5.74, 6) is 0.631. The van der Waals surface area contributed by atoms with Gasteiger partial charge in [-0.25, -0.2) is 14.4 Å². The molecule has 0 unspecified atom stereocenters. The summed E-state index contributed by atoms with van der Waals surface area (Å²) >= 11 is 0. The molecule has 7 nitrogen and oxygen atoms in total. The number of nitrogens with zero attached hydrogens (tertiary/aromatic N) is 4. The first-order valence-corrected chi connectivity index (χ1v) is 10.7. The Hall–Kier alpha value is -3.03. The van der Waals surface area contributed by atoms with Crippen LogP contribution in [0.4, 0.5) is 10.2 Å². The van der Waals surface area contributed by atoms with E-state index in [9.17, 15) is 14.0 Å². The Bertz CT molecular complexity index is 942. The van der Waals surface area contributed by atoms with Gasteiger partial charge in [-0.2, -0.15) is 0 Å². The predicted octanol–water partition coefficient (Wildman–Crippen LogP) is 3.15. The van der Waals surface area contributed by atoms with Crippen molar-refractivity contribution in [2.75, 3.05) is 37.7 Å². The van der Waals surface area contributed by atoms with Crippen LogP contribution in [0.25, 0.3) is 11.4 Å². The van der Waals surface area contributed by atoms with Crippen LogP contribution in [0.5, 0.6) is 0 Å². The summed E-state index contributed by atoms with van der Waals surface area (Å²) in [5, 5.41) is 0. The Kier molecular flexibility index (Phi) is 7.55. The van der Waals surface area contributed by atoms with Gasteiger partial charge in [0.15, 0.2) is 5.82 Å². The van der Waals surface area contributed by atoms with Crippen LogP contribution in [0.2, 0.25) is 0 Å². The Labute approximate surface area is 182 Å². The van der Waals surface area contributed by atoms with Crippen molar-refractivity contribution in [3.8, 4) is 11.4 Å². The van der Waals surface area contributed by atoms with Crippen molar-refractivity contribution in [2.24, 2.45) is 0 Å². The van der Waals surface area contributed by atoms with Crippen LogP contribution in [0.15, 0.2) is 24.3 Å². The van der Waals surface area contributed by atoms with E-state index in [4.69, 9.17) is 9.72 Å². The SMILES string of the molecule is CCOC(=O)CCC(=O)N1CCN(c2nc(-c3cccc(F)c3)nc(C)c2CC)CC1. The molecule has 1 amide bonds. The second-order valence-electron chi connectivity index (χ2n) is 7.47. The summed E-state index contributed by atoms with van der Waals surface area (Å²) in [6.07, 6.45) is 1.05. The fourth-order valence-electron chi connectivity index (χ4n) is 3.78. The molecule has 1 aliphatic heterocycles. The third kappa shape index (κ3) is 5.57. The van der Waals surface area contributed by atoms with Crippen molar-refractivity contribution in [2.45, 2.75) is 40.0 Å². The van der Waals surface area contributed by atoms with Crippen LogP contribution < -0.4 is 4.90 Å². The molecule has 3 rings (SSSR count). The topological polar surface area (TPSA) is 75.6 Å². The third-order valence-corrected chi connectivity index (χ3v) is 5.41. The quantitative estimate of drug-likeness (QED) is 0.631. The molecule has 0 bridgehead atoms. The molecule has 1 aliphatic rings. The molecule has 0 radical (unpaired) electrons. The first-order chi connectivity index (χ1) is 14.9. The minimum atomic E-state index is -0.344. The standard InChI is InChI=1S/C23H29FN4O3/c1-4-19-16(3)25-22(17-7-6-8-18(24)15-17)26-23(19)28-13-11-27(12-14-28)20(29)9-10-21(30)31-5-2/h6-8,15H,4-5,9-14H2,1-3H3. The van der Waals surface area contributed by atoms with Crippen molar-refractivity contribution in [3.05, 3.63) is 41.3 Å². The molecule has 1 aromatic carbocycles. The number of aromatic nitrogens is 2. The van der Waals surface area contributed by atoms with Gasteiger partial charge in [0.2, 0.25) is 5.91 Å². The van der Waals surface area contributed by atoms with Gasteiger partial charge in [-0.05, 0) is 32.4 Å². The molecule has 2 aromatic rings. The van der Waals surface area contributed by atoms with Gasteiger partial charge < -0.3 is 14.5 Å². The fourth-order valence-corrected chi connectivity index (χ4v) is 3.78. The number of amides is 1. The molecular formula is C23H29FN4O3. The molecule has 1 fully saturated rings. The predicted molar refractivity (Wildman–Crippen MR) is 116 cm³/mol. The number of rotatable bonds is 7. The summed E-state index contributed by atoms with van der Waals surface area (Å²) in [7, 11) is 0. The minimum Gasteiger partial charge on any atom is -0.466 e. The number of benzene rings is 1. The zero-order valence-corrected chi connectivity index (χ0v) is 18.4. The van der Waals surface area contributed by atoms with Crippen LogP contribution >= 0.6 is 0 Å². The average molecular weight is 429 g/mol. The van der Waals surface area contributed by atoms with Crippen LogP contribution in [0.3, 0.4) is 0 Å². The van der Waals surface area contributed by atoms with E-state index < -0.39 is 0 Å². The van der Waals surface area contributed by atoms with E-state index in [2.05, 4.69) is 16.8 Å². The highest BCUT2D eigenvalue weighted by Gasteiger charge is 2.25. The molecule has 0 N–H and O–H groups in total. The van der Waals surface area contributed by atoms with Crippen molar-refractivity contribution >= 4 is 17.7 Å². The van der Waals surface area contributed by atoms with Crippen molar-refractivity contribution in [1.82, 2.24) is 14.9 Å². The largest absolute Gasteiger partial charge is 0.466 e. The van der Waals surface area contributed by atoms with Crippen LogP contribution in [-0.2, 0) is 20.7 Å². The van der Waals surface area contributed by atoms with E-state index in [1.165, 1.54) is 12.1 Å². The molecule has 0 saturated carbocycles. The second kappa shape index (κ2) is 10.3. The third-order valence-electron chi connectivity index (χ3n) is 5.41. The number of halogens is 1. The lowest BCUT2D eigenvalue weighted by atomic mass is 10.1. The zero-order chi connectivity index (χ0) is 22.4. The van der Waals surface area contributed by atoms with Gasteiger partial charge in [0, 0.05) is 49.4 Å². The van der Waals surface area contributed by atoms with E-state index >= 15 is 0 Å². The smallest absolute Gasteiger partial charge is 0.306 e. The van der Waals surface area contributed by atoms with Crippen LogP contribution in [-0.4, -0.2) is 59.5 Å². The first-order valence-electron chi connectivity index (χ1n) is 10.7. The van der Waals surface area contributed by atoms with Crippen molar-refractivity contribution < 1.29 is 18.7 Å². The normalized spacial score (nSPS) is 13.9. The monoisotopic (exact) mass is 428 g/mol. The Morgan fingerprint density at radius 2 is 1.84 bits per heavy atom. The summed E-state index contributed by atoms with van der Waals surface area (Å²) in [5.41, 5.74) is 2.57. The highest BCUT2D eigenvalue weighted by Crippen LogP contribution is 2.27. The number of hydrogen-bond acceptors (Lipinski definition) is 6. The lowest BCUT2D eigenvalue weighted by molar-refractivity contribution is -0.145. The Morgan fingerprint density at radius 1 is 1.10 bits per heavy atom. The molecule has 0 aliphatic carbocycles. The zero-order valence-electron chi connectivity index (χ0n) is 18.4. The number of anilines is 1. The minimum absolute atomic E-state index is 0.0391. The average Bonchev–Trinajstić information content (AvgIpc) is 2.77. The molecule has 31 heavy (non-hydrogen) atoms. The molecule has 1 saturated heterocycles.